The van der Waals surface area contributed by atoms with E-state index in [4.69, 9.17) is 9.47 Å². The number of methoxy groups -OCH3 is 1. The number of amides is 1. The topological polar surface area (TPSA) is 84.9 Å². The molecule has 2 bridgehead atoms. The molecular formula is C17H19NO5. The molecule has 122 valence electrons. The fourth-order valence-corrected chi connectivity index (χ4v) is 3.26. The molecule has 2 aliphatic heterocycles. The Kier molecular flexibility index (Phi) is 4.34. The number of carbonyl (C=O) groups excluding carboxylic acids is 1. The average Bonchev–Trinajstić information content (AvgIpc) is 3.16. The fraction of sp³-hybridized carbons (Fsp3) is 0.412. The third-order valence-electron chi connectivity index (χ3n) is 4.37. The predicted octanol–water partition coefficient (Wildman–Crippen LogP) is 1.01. The fourth-order valence-electron chi connectivity index (χ4n) is 3.26. The molecule has 0 unspecified atom stereocenters. The minimum Gasteiger partial charge on any atom is -0.496 e. The molecule has 1 saturated heterocycles. The summed E-state index contributed by atoms with van der Waals surface area (Å²) in [4.78, 5) is 23.7. The molecule has 2 N–H and O–H groups in total. The number of aliphatic carboxylic acids is 1. The lowest BCUT2D eigenvalue weighted by Crippen LogP contribution is -2.43. The van der Waals surface area contributed by atoms with Crippen LogP contribution in [0.3, 0.4) is 0 Å². The number of nitrogens with one attached hydrogen (secondary N) is 1. The molecule has 1 amide bonds. The zero-order chi connectivity index (χ0) is 16.4. The van der Waals surface area contributed by atoms with Crippen LogP contribution in [0.4, 0.5) is 0 Å². The molecule has 0 aliphatic carbocycles. The van der Waals surface area contributed by atoms with E-state index in [-0.39, 0.29) is 5.91 Å². The third-order valence-corrected chi connectivity index (χ3v) is 4.37. The van der Waals surface area contributed by atoms with Crippen LogP contribution in [-0.4, -0.2) is 42.8 Å². The van der Waals surface area contributed by atoms with Gasteiger partial charge in [-0.2, -0.15) is 0 Å². The molecule has 6 heteroatoms. The van der Waals surface area contributed by atoms with Crippen LogP contribution in [0.2, 0.25) is 0 Å². The van der Waals surface area contributed by atoms with Crippen molar-refractivity contribution in [3.8, 4) is 5.75 Å². The first-order valence-electron chi connectivity index (χ1n) is 7.58. The normalized spacial score (nSPS) is 27.9. The first-order chi connectivity index (χ1) is 11.1. The number of para-hydroxylation sites is 1. The van der Waals surface area contributed by atoms with Crippen LogP contribution in [0.5, 0.6) is 5.75 Å². The van der Waals surface area contributed by atoms with Gasteiger partial charge in [0.15, 0.2) is 0 Å². The Labute approximate surface area is 134 Å². The van der Waals surface area contributed by atoms with E-state index in [0.717, 1.165) is 11.3 Å². The molecule has 2 heterocycles. The van der Waals surface area contributed by atoms with Gasteiger partial charge in [-0.3, -0.25) is 9.59 Å². The molecule has 0 aromatic heterocycles. The number of carboxylic acid groups (broad SMARTS) is 1. The largest absolute Gasteiger partial charge is 0.496 e. The maximum absolute atomic E-state index is 12.4. The van der Waals surface area contributed by atoms with Crippen molar-refractivity contribution in [2.75, 3.05) is 13.7 Å². The summed E-state index contributed by atoms with van der Waals surface area (Å²) in [6, 6.07) is 7.60. The number of rotatable bonds is 6. The van der Waals surface area contributed by atoms with Crippen molar-refractivity contribution in [1.29, 1.82) is 0 Å². The zero-order valence-corrected chi connectivity index (χ0v) is 12.8. The smallest absolute Gasteiger partial charge is 0.310 e. The second kappa shape index (κ2) is 6.42. The van der Waals surface area contributed by atoms with Crippen molar-refractivity contribution in [2.24, 2.45) is 11.8 Å². The molecular weight excluding hydrogens is 298 g/mol. The molecule has 1 aromatic rings. The summed E-state index contributed by atoms with van der Waals surface area (Å²) in [6.07, 6.45) is 3.18. The molecule has 3 rings (SSSR count). The van der Waals surface area contributed by atoms with Gasteiger partial charge >= 0.3 is 5.97 Å². The van der Waals surface area contributed by atoms with Gasteiger partial charge in [-0.05, 0) is 18.1 Å². The van der Waals surface area contributed by atoms with Crippen molar-refractivity contribution < 1.29 is 24.2 Å². The molecule has 6 nitrogen and oxygen atoms in total. The van der Waals surface area contributed by atoms with E-state index < -0.39 is 30.0 Å². The first kappa shape index (κ1) is 15.6. The van der Waals surface area contributed by atoms with E-state index in [1.165, 1.54) is 0 Å². The van der Waals surface area contributed by atoms with Gasteiger partial charge in [-0.25, -0.2) is 0 Å². The summed E-state index contributed by atoms with van der Waals surface area (Å²) in [5.74, 6) is -1.97. The second-order valence-corrected chi connectivity index (χ2v) is 5.69. The summed E-state index contributed by atoms with van der Waals surface area (Å²) >= 11 is 0. The van der Waals surface area contributed by atoms with E-state index in [1.807, 2.05) is 24.3 Å². The lowest BCUT2D eigenvalue weighted by Gasteiger charge is -2.21. The highest BCUT2D eigenvalue weighted by molar-refractivity contribution is 5.87. The van der Waals surface area contributed by atoms with E-state index in [1.54, 1.807) is 19.3 Å². The molecule has 0 spiro atoms. The number of carbonyl (C=O) groups is 2. The Balaban J connectivity index is 1.59. The van der Waals surface area contributed by atoms with E-state index in [9.17, 15) is 14.7 Å². The Morgan fingerprint density at radius 1 is 1.22 bits per heavy atom. The Bertz CT molecular complexity index is 642. The lowest BCUT2D eigenvalue weighted by molar-refractivity contribution is -0.146. The van der Waals surface area contributed by atoms with Gasteiger partial charge in [-0.1, -0.05) is 30.4 Å². The minimum absolute atomic E-state index is 0.274. The number of ether oxygens (including phenoxy) is 2. The van der Waals surface area contributed by atoms with Gasteiger partial charge in [0, 0.05) is 6.54 Å². The Hall–Kier alpha value is -2.34. The SMILES string of the molecule is COc1ccccc1CCNC(=O)[C@H]1[C@@H](C(=O)O)[C@H]2C=C[C@H]1O2. The molecule has 1 fully saturated rings. The lowest BCUT2D eigenvalue weighted by atomic mass is 9.82. The molecule has 1 aromatic carbocycles. The Morgan fingerprint density at radius 2 is 1.91 bits per heavy atom. The van der Waals surface area contributed by atoms with Gasteiger partial charge in [0.1, 0.15) is 11.7 Å². The predicted molar refractivity (Wildman–Crippen MR) is 82.1 cm³/mol. The van der Waals surface area contributed by atoms with E-state index in [0.29, 0.717) is 13.0 Å². The zero-order valence-electron chi connectivity index (χ0n) is 12.8. The van der Waals surface area contributed by atoms with Crippen LogP contribution in [-0.2, 0) is 20.7 Å². The highest BCUT2D eigenvalue weighted by Crippen LogP contribution is 2.39. The van der Waals surface area contributed by atoms with Crippen LogP contribution in [0.1, 0.15) is 5.56 Å². The number of hydrogen-bond donors (Lipinski definition) is 2. The number of benzene rings is 1. The highest BCUT2D eigenvalue weighted by atomic mass is 16.5. The third kappa shape index (κ3) is 2.94. The summed E-state index contributed by atoms with van der Waals surface area (Å²) in [5, 5.41) is 12.1. The van der Waals surface area contributed by atoms with E-state index in [2.05, 4.69) is 5.32 Å². The summed E-state index contributed by atoms with van der Waals surface area (Å²) < 4.78 is 10.8. The van der Waals surface area contributed by atoms with Gasteiger partial charge < -0.3 is 19.9 Å². The van der Waals surface area contributed by atoms with Gasteiger partial charge in [0.2, 0.25) is 5.91 Å². The number of carboxylic acids is 1. The van der Waals surface area contributed by atoms with Gasteiger partial charge in [0.05, 0.1) is 25.2 Å². The van der Waals surface area contributed by atoms with Crippen LogP contribution in [0, 0.1) is 11.8 Å². The molecule has 23 heavy (non-hydrogen) atoms. The van der Waals surface area contributed by atoms with Crippen LogP contribution >= 0.6 is 0 Å². The minimum atomic E-state index is -0.994. The van der Waals surface area contributed by atoms with Crippen molar-refractivity contribution in [1.82, 2.24) is 5.32 Å². The maximum Gasteiger partial charge on any atom is 0.310 e. The van der Waals surface area contributed by atoms with Crippen molar-refractivity contribution in [2.45, 2.75) is 18.6 Å². The summed E-state index contributed by atoms with van der Waals surface area (Å²) in [5.41, 5.74) is 0.995. The molecule has 0 radical (unpaired) electrons. The number of fused-ring (bicyclic) bond motifs is 2. The summed E-state index contributed by atoms with van der Waals surface area (Å²) in [6.45, 7) is 0.420. The quantitative estimate of drug-likeness (QED) is 0.765. The van der Waals surface area contributed by atoms with Gasteiger partial charge in [-0.15, -0.1) is 0 Å². The van der Waals surface area contributed by atoms with Crippen LogP contribution in [0.15, 0.2) is 36.4 Å². The van der Waals surface area contributed by atoms with Crippen molar-refractivity contribution >= 4 is 11.9 Å². The number of hydrogen-bond acceptors (Lipinski definition) is 4. The average molecular weight is 317 g/mol. The standard InChI is InChI=1S/C17H19NO5/c1-22-11-5-3-2-4-10(11)8-9-18-16(19)14-12-6-7-13(23-12)15(14)17(20)21/h2-7,12-15H,8-9H2,1H3,(H,18,19)(H,20,21)/t12-,13-,14-,15+/m1/s1. The van der Waals surface area contributed by atoms with Crippen LogP contribution in [0.25, 0.3) is 0 Å². The van der Waals surface area contributed by atoms with Crippen LogP contribution < -0.4 is 10.1 Å². The maximum atomic E-state index is 12.4. The molecule has 0 saturated carbocycles. The molecule has 4 atom stereocenters. The van der Waals surface area contributed by atoms with Crippen molar-refractivity contribution in [3.05, 3.63) is 42.0 Å². The van der Waals surface area contributed by atoms with Crippen molar-refractivity contribution in [3.63, 3.8) is 0 Å². The first-order valence-corrected chi connectivity index (χ1v) is 7.58. The monoisotopic (exact) mass is 317 g/mol. The van der Waals surface area contributed by atoms with Gasteiger partial charge in [0.25, 0.3) is 0 Å². The second-order valence-electron chi connectivity index (χ2n) is 5.69. The van der Waals surface area contributed by atoms with E-state index >= 15 is 0 Å². The highest BCUT2D eigenvalue weighted by Gasteiger charge is 2.53. The molecule has 2 aliphatic rings. The Morgan fingerprint density at radius 3 is 2.61 bits per heavy atom. The summed E-state index contributed by atoms with van der Waals surface area (Å²) in [7, 11) is 1.60.